The average Bonchev–Trinajstić information content (AvgIpc) is 2.36. The van der Waals surface area contributed by atoms with Crippen molar-refractivity contribution in [2.45, 2.75) is 25.1 Å². The molecular weight excluding hydrogens is 334 g/mol. The minimum atomic E-state index is -3.56. The highest BCUT2D eigenvalue weighted by molar-refractivity contribution is 9.10. The summed E-state index contributed by atoms with van der Waals surface area (Å²) in [6.45, 7) is 2.85. The van der Waals surface area contributed by atoms with Crippen molar-refractivity contribution in [3.63, 3.8) is 0 Å². The molecule has 19 heavy (non-hydrogen) atoms. The summed E-state index contributed by atoms with van der Waals surface area (Å²) in [7, 11) is -2.03. The second-order valence-electron chi connectivity index (χ2n) is 4.78. The first-order valence-corrected chi connectivity index (χ1v) is 7.84. The number of nitrogens with zero attached hydrogens (tertiary/aromatic N) is 1. The van der Waals surface area contributed by atoms with Crippen LogP contribution in [-0.2, 0) is 21.4 Å². The zero-order valence-corrected chi connectivity index (χ0v) is 13.2. The van der Waals surface area contributed by atoms with Crippen molar-refractivity contribution >= 4 is 31.9 Å². The molecule has 0 aromatic heterocycles. The van der Waals surface area contributed by atoms with E-state index in [9.17, 15) is 13.2 Å². The lowest BCUT2D eigenvalue weighted by atomic mass is 10.1. The lowest BCUT2D eigenvalue weighted by Crippen LogP contribution is -2.66. The zero-order valence-electron chi connectivity index (χ0n) is 10.8. The molecule has 0 N–H and O–H groups in total. The SMILES string of the molecule is COc1ccc(Br)c(CN2C(=O)C(C)(C)S2(=O)=O)c1. The van der Waals surface area contributed by atoms with Crippen molar-refractivity contribution < 1.29 is 17.9 Å². The second kappa shape index (κ2) is 4.49. The molecule has 0 saturated carbocycles. The summed E-state index contributed by atoms with van der Waals surface area (Å²) in [5, 5.41) is 0. The maximum Gasteiger partial charge on any atom is 0.259 e. The maximum atomic E-state index is 12.0. The van der Waals surface area contributed by atoms with Crippen LogP contribution in [0.2, 0.25) is 0 Å². The van der Waals surface area contributed by atoms with Gasteiger partial charge in [-0.05, 0) is 37.6 Å². The van der Waals surface area contributed by atoms with Gasteiger partial charge in [0.15, 0.2) is 4.75 Å². The fraction of sp³-hybridized carbons (Fsp3) is 0.417. The van der Waals surface area contributed by atoms with Gasteiger partial charge in [0.25, 0.3) is 15.9 Å². The van der Waals surface area contributed by atoms with Crippen LogP contribution >= 0.6 is 15.9 Å². The van der Waals surface area contributed by atoms with Crippen LogP contribution in [0.4, 0.5) is 0 Å². The predicted octanol–water partition coefficient (Wildman–Crippen LogP) is 1.91. The molecular formula is C12H14BrNO4S. The number of carbonyl (C=O) groups is 1. The first-order chi connectivity index (χ1) is 8.71. The van der Waals surface area contributed by atoms with Crippen molar-refractivity contribution in [3.05, 3.63) is 28.2 Å². The van der Waals surface area contributed by atoms with Gasteiger partial charge in [-0.25, -0.2) is 12.7 Å². The number of carbonyl (C=O) groups excluding carboxylic acids is 1. The molecule has 0 unspecified atom stereocenters. The van der Waals surface area contributed by atoms with Gasteiger partial charge in [-0.15, -0.1) is 0 Å². The van der Waals surface area contributed by atoms with E-state index in [1.807, 2.05) is 0 Å². The fourth-order valence-electron chi connectivity index (χ4n) is 1.87. The van der Waals surface area contributed by atoms with Gasteiger partial charge in [0.05, 0.1) is 13.7 Å². The zero-order chi connectivity index (χ0) is 14.4. The third-order valence-corrected chi connectivity index (χ3v) is 6.36. The summed E-state index contributed by atoms with van der Waals surface area (Å²) in [5.74, 6) is 0.227. The maximum absolute atomic E-state index is 12.0. The first kappa shape index (κ1) is 14.3. The molecule has 0 atom stereocenters. The van der Waals surface area contributed by atoms with Crippen LogP contribution < -0.4 is 4.74 Å². The van der Waals surface area contributed by atoms with Gasteiger partial charge in [0.2, 0.25) is 0 Å². The highest BCUT2D eigenvalue weighted by atomic mass is 79.9. The van der Waals surface area contributed by atoms with Crippen LogP contribution in [0.5, 0.6) is 5.75 Å². The molecule has 1 aliphatic rings. The van der Waals surface area contributed by atoms with Gasteiger partial charge in [-0.2, -0.15) is 0 Å². The number of ether oxygens (including phenoxy) is 1. The number of amides is 1. The number of sulfonamides is 1. The van der Waals surface area contributed by atoms with Crippen molar-refractivity contribution in [1.29, 1.82) is 0 Å². The van der Waals surface area contributed by atoms with Crippen molar-refractivity contribution in [2.75, 3.05) is 7.11 Å². The van der Waals surface area contributed by atoms with Gasteiger partial charge >= 0.3 is 0 Å². The summed E-state index contributed by atoms with van der Waals surface area (Å²) in [6.07, 6.45) is 0. The fourth-order valence-corrected chi connectivity index (χ4v) is 3.74. The van der Waals surface area contributed by atoms with Gasteiger partial charge in [0, 0.05) is 4.47 Å². The molecule has 0 bridgehead atoms. The van der Waals surface area contributed by atoms with Crippen LogP contribution in [0, 0.1) is 0 Å². The normalized spacial score (nSPS) is 20.0. The van der Waals surface area contributed by atoms with Crippen molar-refractivity contribution in [2.24, 2.45) is 0 Å². The average molecular weight is 348 g/mol. The molecule has 0 aliphatic carbocycles. The lowest BCUT2D eigenvalue weighted by molar-refractivity contribution is -0.132. The van der Waals surface area contributed by atoms with Crippen molar-refractivity contribution in [1.82, 2.24) is 4.31 Å². The number of hydrogen-bond acceptors (Lipinski definition) is 4. The van der Waals surface area contributed by atoms with Crippen molar-refractivity contribution in [3.8, 4) is 5.75 Å². The molecule has 5 nitrogen and oxygen atoms in total. The quantitative estimate of drug-likeness (QED) is 0.837. The monoisotopic (exact) mass is 347 g/mol. The molecule has 7 heteroatoms. The Morgan fingerprint density at radius 3 is 2.53 bits per heavy atom. The molecule has 1 heterocycles. The molecule has 1 aromatic carbocycles. The van der Waals surface area contributed by atoms with Gasteiger partial charge < -0.3 is 4.74 Å². The topological polar surface area (TPSA) is 63.7 Å². The highest BCUT2D eigenvalue weighted by Crippen LogP contribution is 2.37. The Balaban J connectivity index is 2.31. The minimum Gasteiger partial charge on any atom is -0.497 e. The third-order valence-electron chi connectivity index (χ3n) is 3.24. The Labute approximate surface area is 120 Å². The Bertz CT molecular complexity index is 639. The van der Waals surface area contributed by atoms with E-state index in [1.165, 1.54) is 21.0 Å². The Morgan fingerprint density at radius 2 is 2.00 bits per heavy atom. The van der Waals surface area contributed by atoms with E-state index < -0.39 is 14.8 Å². The Hall–Kier alpha value is -1.08. The van der Waals surface area contributed by atoms with E-state index in [2.05, 4.69) is 15.9 Å². The third kappa shape index (κ3) is 2.04. The summed E-state index contributed by atoms with van der Waals surface area (Å²) in [6, 6.07) is 5.22. The number of methoxy groups -OCH3 is 1. The Morgan fingerprint density at radius 1 is 1.37 bits per heavy atom. The molecule has 1 amide bonds. The van der Waals surface area contributed by atoms with E-state index in [4.69, 9.17) is 4.74 Å². The molecule has 1 aliphatic heterocycles. The van der Waals surface area contributed by atoms with Crippen LogP contribution in [0.1, 0.15) is 19.4 Å². The molecule has 0 spiro atoms. The number of benzene rings is 1. The second-order valence-corrected chi connectivity index (χ2v) is 8.05. The van der Waals surface area contributed by atoms with Gasteiger partial charge in [-0.1, -0.05) is 15.9 Å². The Kier molecular flexibility index (Phi) is 3.38. The molecule has 2 rings (SSSR count). The van der Waals surface area contributed by atoms with E-state index in [0.29, 0.717) is 11.3 Å². The minimum absolute atomic E-state index is 0.0162. The van der Waals surface area contributed by atoms with Gasteiger partial charge in [-0.3, -0.25) is 4.79 Å². The summed E-state index contributed by atoms with van der Waals surface area (Å²) < 4.78 is 29.4. The molecule has 0 radical (unpaired) electrons. The van der Waals surface area contributed by atoms with E-state index in [0.717, 1.165) is 8.78 Å². The lowest BCUT2D eigenvalue weighted by Gasteiger charge is -2.43. The largest absolute Gasteiger partial charge is 0.497 e. The molecule has 1 fully saturated rings. The highest BCUT2D eigenvalue weighted by Gasteiger charge is 2.59. The molecule has 1 aromatic rings. The van der Waals surface area contributed by atoms with Crippen LogP contribution in [-0.4, -0.2) is 30.5 Å². The first-order valence-electron chi connectivity index (χ1n) is 5.61. The predicted molar refractivity (Wildman–Crippen MR) is 74.2 cm³/mol. The summed E-state index contributed by atoms with van der Waals surface area (Å²) in [4.78, 5) is 11.9. The summed E-state index contributed by atoms with van der Waals surface area (Å²) >= 11 is 3.34. The van der Waals surface area contributed by atoms with Crippen LogP contribution in [0.3, 0.4) is 0 Å². The smallest absolute Gasteiger partial charge is 0.259 e. The van der Waals surface area contributed by atoms with Crippen LogP contribution in [0.15, 0.2) is 22.7 Å². The van der Waals surface area contributed by atoms with E-state index >= 15 is 0 Å². The van der Waals surface area contributed by atoms with Gasteiger partial charge in [0.1, 0.15) is 5.75 Å². The molecule has 1 saturated heterocycles. The standard InChI is InChI=1S/C12H14BrNO4S/c1-12(2)11(15)14(19(12,16)17)7-8-6-9(18-3)4-5-10(8)13/h4-6H,7H2,1-3H3. The number of halogens is 1. The number of hydrogen-bond donors (Lipinski definition) is 0. The number of rotatable bonds is 3. The van der Waals surface area contributed by atoms with E-state index in [1.54, 1.807) is 18.2 Å². The molecule has 104 valence electrons. The summed E-state index contributed by atoms with van der Waals surface area (Å²) in [5.41, 5.74) is 0.687. The van der Waals surface area contributed by atoms with Crippen LogP contribution in [0.25, 0.3) is 0 Å². The van der Waals surface area contributed by atoms with E-state index in [-0.39, 0.29) is 12.5 Å².